The van der Waals surface area contributed by atoms with Crippen LogP contribution in [-0.2, 0) is 0 Å². The highest BCUT2D eigenvalue weighted by Gasteiger charge is 2.18. The Labute approximate surface area is 116 Å². The number of rotatable bonds is 6. The lowest BCUT2D eigenvalue weighted by molar-refractivity contribution is 0.0910. The molecule has 1 unspecified atom stereocenters. The molecule has 0 aliphatic carbocycles. The molecule has 0 N–H and O–H groups in total. The molecule has 106 valence electrons. The number of carbonyl (C=O) groups is 1. The van der Waals surface area contributed by atoms with Gasteiger partial charge in [-0.1, -0.05) is 20.8 Å². The Kier molecular flexibility index (Phi) is 5.55. The number of methoxy groups -OCH3 is 1. The Morgan fingerprint density at radius 3 is 2.37 bits per heavy atom. The molecule has 0 radical (unpaired) electrons. The Hall–Kier alpha value is -1.35. The molecule has 1 atom stereocenters. The molecule has 19 heavy (non-hydrogen) atoms. The van der Waals surface area contributed by atoms with Gasteiger partial charge < -0.3 is 9.64 Å². The van der Waals surface area contributed by atoms with Crippen LogP contribution in [0.5, 0.6) is 5.75 Å². The van der Waals surface area contributed by atoms with E-state index in [2.05, 4.69) is 13.8 Å². The van der Waals surface area contributed by atoms with E-state index in [9.17, 15) is 4.79 Å². The van der Waals surface area contributed by atoms with Crippen LogP contribution in [0.3, 0.4) is 0 Å². The van der Waals surface area contributed by atoms with Gasteiger partial charge in [-0.05, 0) is 43.8 Å². The summed E-state index contributed by atoms with van der Waals surface area (Å²) in [6.45, 7) is 6.95. The van der Waals surface area contributed by atoms with E-state index < -0.39 is 0 Å². The van der Waals surface area contributed by atoms with Gasteiger partial charge in [0.1, 0.15) is 5.75 Å². The molecule has 3 heteroatoms. The maximum Gasteiger partial charge on any atom is 0.166 e. The molecule has 0 aliphatic heterocycles. The highest BCUT2D eigenvalue weighted by atomic mass is 16.5. The average Bonchev–Trinajstić information content (AvgIpc) is 2.36. The van der Waals surface area contributed by atoms with Crippen LogP contribution in [0.2, 0.25) is 0 Å². The third kappa shape index (κ3) is 4.06. The van der Waals surface area contributed by atoms with E-state index in [0.29, 0.717) is 5.92 Å². The van der Waals surface area contributed by atoms with E-state index >= 15 is 0 Å². The number of hydrogen-bond donors (Lipinski definition) is 0. The second-order valence-corrected chi connectivity index (χ2v) is 5.64. The minimum absolute atomic E-state index is 0.00315. The van der Waals surface area contributed by atoms with Crippen molar-refractivity contribution in [3.8, 4) is 5.75 Å². The highest BCUT2D eigenvalue weighted by molar-refractivity contribution is 5.98. The number of nitrogens with zero attached hydrogens (tertiary/aromatic N) is 1. The number of ether oxygens (including phenoxy) is 1. The maximum atomic E-state index is 12.4. The Morgan fingerprint density at radius 2 is 1.89 bits per heavy atom. The SMILES string of the molecule is COc1ccc(C(=O)C(C)CN(C)C)cc1C(C)C. The molecular weight excluding hydrogens is 238 g/mol. The van der Waals surface area contributed by atoms with E-state index in [-0.39, 0.29) is 11.7 Å². The lowest BCUT2D eigenvalue weighted by atomic mass is 9.93. The first kappa shape index (κ1) is 15.7. The van der Waals surface area contributed by atoms with Crippen LogP contribution in [0.1, 0.15) is 42.6 Å². The third-order valence-electron chi connectivity index (χ3n) is 3.22. The minimum Gasteiger partial charge on any atom is -0.496 e. The molecule has 0 bridgehead atoms. The van der Waals surface area contributed by atoms with Crippen molar-refractivity contribution in [1.29, 1.82) is 0 Å². The molecule has 0 spiro atoms. The van der Waals surface area contributed by atoms with Crippen molar-refractivity contribution in [3.63, 3.8) is 0 Å². The maximum absolute atomic E-state index is 12.4. The zero-order valence-electron chi connectivity index (χ0n) is 12.9. The van der Waals surface area contributed by atoms with Gasteiger partial charge in [-0.15, -0.1) is 0 Å². The van der Waals surface area contributed by atoms with E-state index in [1.54, 1.807) is 7.11 Å². The molecular formula is C16H25NO2. The number of benzene rings is 1. The molecule has 1 aromatic carbocycles. The fraction of sp³-hybridized carbons (Fsp3) is 0.562. The van der Waals surface area contributed by atoms with Crippen LogP contribution < -0.4 is 4.74 Å². The summed E-state index contributed by atoms with van der Waals surface area (Å²) in [5, 5.41) is 0. The summed E-state index contributed by atoms with van der Waals surface area (Å²) in [7, 11) is 5.63. The monoisotopic (exact) mass is 263 g/mol. The van der Waals surface area contributed by atoms with Crippen molar-refractivity contribution in [1.82, 2.24) is 4.90 Å². The smallest absolute Gasteiger partial charge is 0.166 e. The Balaban J connectivity index is 3.01. The van der Waals surface area contributed by atoms with Gasteiger partial charge in [-0.25, -0.2) is 0 Å². The summed E-state index contributed by atoms with van der Waals surface area (Å²) in [5.74, 6) is 1.39. The van der Waals surface area contributed by atoms with Crippen molar-refractivity contribution in [3.05, 3.63) is 29.3 Å². The zero-order valence-corrected chi connectivity index (χ0v) is 12.9. The zero-order chi connectivity index (χ0) is 14.6. The largest absolute Gasteiger partial charge is 0.496 e. The number of carbonyl (C=O) groups excluding carboxylic acids is 1. The molecule has 0 heterocycles. The third-order valence-corrected chi connectivity index (χ3v) is 3.22. The topological polar surface area (TPSA) is 29.5 Å². The lowest BCUT2D eigenvalue weighted by Gasteiger charge is -2.17. The standard InChI is InChI=1S/C16H25NO2/c1-11(2)14-9-13(7-8-15(14)19-6)16(18)12(3)10-17(4)5/h7-9,11-12H,10H2,1-6H3. The molecule has 0 saturated heterocycles. The quantitative estimate of drug-likeness (QED) is 0.738. The Morgan fingerprint density at radius 1 is 1.26 bits per heavy atom. The van der Waals surface area contributed by atoms with Gasteiger partial charge in [-0.3, -0.25) is 4.79 Å². The second-order valence-electron chi connectivity index (χ2n) is 5.64. The van der Waals surface area contributed by atoms with Crippen LogP contribution in [0.15, 0.2) is 18.2 Å². The van der Waals surface area contributed by atoms with Gasteiger partial charge in [0.25, 0.3) is 0 Å². The van der Waals surface area contributed by atoms with Crippen molar-refractivity contribution in [2.45, 2.75) is 26.7 Å². The number of ketones is 1. The first-order valence-corrected chi connectivity index (χ1v) is 6.73. The molecule has 0 saturated carbocycles. The summed E-state index contributed by atoms with van der Waals surface area (Å²) in [5.41, 5.74) is 1.87. The lowest BCUT2D eigenvalue weighted by Crippen LogP contribution is -2.25. The summed E-state index contributed by atoms with van der Waals surface area (Å²) >= 11 is 0. The van der Waals surface area contributed by atoms with Crippen LogP contribution in [0.4, 0.5) is 0 Å². The highest BCUT2D eigenvalue weighted by Crippen LogP contribution is 2.28. The second kappa shape index (κ2) is 6.71. The van der Waals surface area contributed by atoms with Crippen LogP contribution in [0.25, 0.3) is 0 Å². The molecule has 0 fully saturated rings. The molecule has 3 nitrogen and oxygen atoms in total. The van der Waals surface area contributed by atoms with Crippen LogP contribution in [-0.4, -0.2) is 38.4 Å². The molecule has 0 aromatic heterocycles. The van der Waals surface area contributed by atoms with E-state index in [4.69, 9.17) is 4.74 Å². The molecule has 1 rings (SSSR count). The van der Waals surface area contributed by atoms with E-state index in [1.165, 1.54) is 0 Å². The van der Waals surface area contributed by atoms with Gasteiger partial charge in [-0.2, -0.15) is 0 Å². The number of Topliss-reactive ketones (excluding diaryl/α,β-unsaturated/α-hetero) is 1. The van der Waals surface area contributed by atoms with Gasteiger partial charge in [0.2, 0.25) is 0 Å². The number of hydrogen-bond acceptors (Lipinski definition) is 3. The summed E-state index contributed by atoms with van der Waals surface area (Å²) in [4.78, 5) is 14.4. The van der Waals surface area contributed by atoms with Gasteiger partial charge >= 0.3 is 0 Å². The van der Waals surface area contributed by atoms with E-state index in [0.717, 1.165) is 23.4 Å². The van der Waals surface area contributed by atoms with Crippen LogP contribution in [0, 0.1) is 5.92 Å². The van der Waals surface area contributed by atoms with E-state index in [1.807, 2.05) is 44.1 Å². The van der Waals surface area contributed by atoms with Gasteiger partial charge in [0.05, 0.1) is 7.11 Å². The molecule has 1 aromatic rings. The van der Waals surface area contributed by atoms with Crippen LogP contribution >= 0.6 is 0 Å². The first-order valence-electron chi connectivity index (χ1n) is 6.73. The molecule has 0 aliphatic rings. The Bertz CT molecular complexity index is 438. The fourth-order valence-electron chi connectivity index (χ4n) is 2.25. The normalized spacial score (nSPS) is 12.8. The molecule has 0 amide bonds. The minimum atomic E-state index is 0.00315. The summed E-state index contributed by atoms with van der Waals surface area (Å²) in [6, 6.07) is 5.72. The van der Waals surface area contributed by atoms with Gasteiger partial charge in [0.15, 0.2) is 5.78 Å². The predicted octanol–water partition coefficient (Wildman–Crippen LogP) is 3.20. The van der Waals surface area contributed by atoms with Crippen molar-refractivity contribution in [2.75, 3.05) is 27.7 Å². The van der Waals surface area contributed by atoms with Gasteiger partial charge in [0, 0.05) is 18.0 Å². The van der Waals surface area contributed by atoms with Crippen molar-refractivity contribution >= 4 is 5.78 Å². The fourth-order valence-corrected chi connectivity index (χ4v) is 2.25. The van der Waals surface area contributed by atoms with Crippen molar-refractivity contribution < 1.29 is 9.53 Å². The summed E-state index contributed by atoms with van der Waals surface area (Å²) in [6.07, 6.45) is 0. The average molecular weight is 263 g/mol. The predicted molar refractivity (Wildman–Crippen MR) is 79.1 cm³/mol. The summed E-state index contributed by atoms with van der Waals surface area (Å²) < 4.78 is 5.35. The van der Waals surface area contributed by atoms with Crippen molar-refractivity contribution in [2.24, 2.45) is 5.92 Å². The first-order chi connectivity index (χ1) is 8.86.